The van der Waals surface area contributed by atoms with E-state index >= 15 is 0 Å². The number of rotatable bonds is 7. The molecule has 0 saturated heterocycles. The Hall–Kier alpha value is -2.40. The molecule has 0 aliphatic heterocycles. The maximum absolute atomic E-state index is 13.7. The Morgan fingerprint density at radius 1 is 1.25 bits per heavy atom. The molecule has 2 unspecified atom stereocenters. The van der Waals surface area contributed by atoms with Crippen LogP contribution in [0.5, 0.6) is 5.75 Å². The van der Waals surface area contributed by atoms with Crippen LogP contribution in [-0.2, 0) is 0 Å². The van der Waals surface area contributed by atoms with Crippen molar-refractivity contribution in [2.75, 3.05) is 13.7 Å². The number of nitrogens with one attached hydrogen (secondary N) is 1. The van der Waals surface area contributed by atoms with Gasteiger partial charge in [0.15, 0.2) is 11.6 Å². The van der Waals surface area contributed by atoms with Gasteiger partial charge in [0.2, 0.25) is 0 Å². The summed E-state index contributed by atoms with van der Waals surface area (Å²) in [5, 5.41) is 12.5. The number of halogens is 1. The Morgan fingerprint density at radius 3 is 2.54 bits per heavy atom. The van der Waals surface area contributed by atoms with Crippen LogP contribution in [0.1, 0.15) is 35.2 Å². The summed E-state index contributed by atoms with van der Waals surface area (Å²) >= 11 is 0. The number of carbonyl (C=O) groups excluding carboxylic acids is 1. The second kappa shape index (κ2) is 8.45. The number of benzene rings is 2. The standard InChI is InChI=1S/C19H22FNO3/c1-13(22)10-16(14-6-4-3-5-7-14)12-21-19(23)15-8-9-18(24-2)17(20)11-15/h3-9,11,13,16,22H,10,12H2,1-2H3,(H,21,23). The third-order valence-electron chi connectivity index (χ3n) is 3.82. The lowest BCUT2D eigenvalue weighted by molar-refractivity contribution is 0.0945. The Labute approximate surface area is 141 Å². The molecule has 0 heterocycles. The van der Waals surface area contributed by atoms with E-state index in [1.807, 2.05) is 30.3 Å². The van der Waals surface area contributed by atoms with Crippen LogP contribution in [0, 0.1) is 5.82 Å². The van der Waals surface area contributed by atoms with E-state index in [0.717, 1.165) is 11.6 Å². The van der Waals surface area contributed by atoms with Gasteiger partial charge in [0.25, 0.3) is 5.91 Å². The predicted molar refractivity (Wildman–Crippen MR) is 90.8 cm³/mol. The van der Waals surface area contributed by atoms with Crippen molar-refractivity contribution in [2.24, 2.45) is 0 Å². The van der Waals surface area contributed by atoms with Gasteiger partial charge in [-0.2, -0.15) is 0 Å². The van der Waals surface area contributed by atoms with Gasteiger partial charge in [0.1, 0.15) is 0 Å². The molecule has 0 aliphatic rings. The smallest absolute Gasteiger partial charge is 0.251 e. The Kier molecular flexibility index (Phi) is 6.32. The summed E-state index contributed by atoms with van der Waals surface area (Å²) in [5.41, 5.74) is 1.27. The fourth-order valence-corrected chi connectivity index (χ4v) is 2.60. The number of aliphatic hydroxyl groups is 1. The summed E-state index contributed by atoms with van der Waals surface area (Å²) in [6, 6.07) is 13.8. The Morgan fingerprint density at radius 2 is 1.96 bits per heavy atom. The van der Waals surface area contributed by atoms with Gasteiger partial charge in [-0.1, -0.05) is 30.3 Å². The molecule has 0 aromatic heterocycles. The fourth-order valence-electron chi connectivity index (χ4n) is 2.60. The third-order valence-corrected chi connectivity index (χ3v) is 3.82. The highest BCUT2D eigenvalue weighted by atomic mass is 19.1. The van der Waals surface area contributed by atoms with Crippen molar-refractivity contribution in [2.45, 2.75) is 25.4 Å². The van der Waals surface area contributed by atoms with Gasteiger partial charge in [-0.25, -0.2) is 4.39 Å². The van der Waals surface area contributed by atoms with E-state index in [1.54, 1.807) is 6.92 Å². The largest absolute Gasteiger partial charge is 0.494 e. The summed E-state index contributed by atoms with van der Waals surface area (Å²) in [4.78, 5) is 12.2. The van der Waals surface area contributed by atoms with Crippen LogP contribution in [0.4, 0.5) is 4.39 Å². The first-order valence-electron chi connectivity index (χ1n) is 7.86. The molecule has 128 valence electrons. The first-order valence-corrected chi connectivity index (χ1v) is 7.86. The normalized spacial score (nSPS) is 13.2. The van der Waals surface area contributed by atoms with Crippen molar-refractivity contribution in [3.05, 3.63) is 65.5 Å². The summed E-state index contributed by atoms with van der Waals surface area (Å²) in [6.45, 7) is 2.08. The molecule has 2 rings (SSSR count). The van der Waals surface area contributed by atoms with E-state index in [-0.39, 0.29) is 23.1 Å². The molecule has 5 heteroatoms. The average molecular weight is 331 g/mol. The van der Waals surface area contributed by atoms with Gasteiger partial charge in [-0.15, -0.1) is 0 Å². The monoisotopic (exact) mass is 331 g/mol. The summed E-state index contributed by atoms with van der Waals surface area (Å²) in [5.74, 6) is -0.849. The minimum absolute atomic E-state index is 0.0155. The summed E-state index contributed by atoms with van der Waals surface area (Å²) in [7, 11) is 1.37. The lowest BCUT2D eigenvalue weighted by Crippen LogP contribution is -2.29. The Bertz CT molecular complexity index is 674. The first-order chi connectivity index (χ1) is 11.5. The van der Waals surface area contributed by atoms with Crippen LogP contribution in [0.25, 0.3) is 0 Å². The van der Waals surface area contributed by atoms with Crippen LogP contribution in [0.3, 0.4) is 0 Å². The van der Waals surface area contributed by atoms with Crippen molar-refractivity contribution in [1.29, 1.82) is 0 Å². The lowest BCUT2D eigenvalue weighted by Gasteiger charge is -2.19. The molecule has 2 atom stereocenters. The van der Waals surface area contributed by atoms with E-state index in [1.165, 1.54) is 19.2 Å². The van der Waals surface area contributed by atoms with Crippen LogP contribution in [0.2, 0.25) is 0 Å². The molecule has 0 aliphatic carbocycles. The molecule has 24 heavy (non-hydrogen) atoms. The van der Waals surface area contributed by atoms with Gasteiger partial charge >= 0.3 is 0 Å². The maximum Gasteiger partial charge on any atom is 0.251 e. The van der Waals surface area contributed by atoms with Crippen LogP contribution >= 0.6 is 0 Å². The van der Waals surface area contributed by atoms with Crippen molar-refractivity contribution >= 4 is 5.91 Å². The van der Waals surface area contributed by atoms with Crippen molar-refractivity contribution < 1.29 is 19.0 Å². The number of hydrogen-bond donors (Lipinski definition) is 2. The molecule has 2 aromatic rings. The molecule has 0 radical (unpaired) electrons. The molecule has 2 aromatic carbocycles. The number of methoxy groups -OCH3 is 1. The average Bonchev–Trinajstić information content (AvgIpc) is 2.58. The summed E-state index contributed by atoms with van der Waals surface area (Å²) in [6.07, 6.45) is 0.0481. The van der Waals surface area contributed by atoms with Gasteiger partial charge in [0.05, 0.1) is 13.2 Å². The van der Waals surface area contributed by atoms with Crippen molar-refractivity contribution in [1.82, 2.24) is 5.32 Å². The minimum atomic E-state index is -0.575. The number of carbonyl (C=O) groups is 1. The van der Waals surface area contributed by atoms with Crippen LogP contribution in [0.15, 0.2) is 48.5 Å². The van der Waals surface area contributed by atoms with Crippen molar-refractivity contribution in [3.8, 4) is 5.75 Å². The van der Waals surface area contributed by atoms with Gasteiger partial charge in [-0.05, 0) is 37.1 Å². The first kappa shape index (κ1) is 17.9. The van der Waals surface area contributed by atoms with Crippen LogP contribution < -0.4 is 10.1 Å². The van der Waals surface area contributed by atoms with E-state index in [2.05, 4.69) is 5.32 Å². The highest BCUT2D eigenvalue weighted by Gasteiger charge is 2.16. The zero-order chi connectivity index (χ0) is 17.5. The van der Waals surface area contributed by atoms with E-state index in [4.69, 9.17) is 4.74 Å². The molecule has 0 saturated carbocycles. The van der Waals surface area contributed by atoms with Gasteiger partial charge in [0, 0.05) is 18.0 Å². The second-order valence-corrected chi connectivity index (χ2v) is 5.75. The van der Waals surface area contributed by atoms with Gasteiger partial charge < -0.3 is 15.2 Å². The second-order valence-electron chi connectivity index (χ2n) is 5.75. The van der Waals surface area contributed by atoms with Crippen molar-refractivity contribution in [3.63, 3.8) is 0 Å². The maximum atomic E-state index is 13.7. The zero-order valence-corrected chi connectivity index (χ0v) is 13.8. The number of amides is 1. The minimum Gasteiger partial charge on any atom is -0.494 e. The highest BCUT2D eigenvalue weighted by Crippen LogP contribution is 2.21. The number of ether oxygens (including phenoxy) is 1. The molecule has 0 fully saturated rings. The molecule has 1 amide bonds. The SMILES string of the molecule is COc1ccc(C(=O)NCC(CC(C)O)c2ccccc2)cc1F. The van der Waals surface area contributed by atoms with E-state index in [0.29, 0.717) is 13.0 Å². The quantitative estimate of drug-likeness (QED) is 0.819. The zero-order valence-electron chi connectivity index (χ0n) is 13.8. The lowest BCUT2D eigenvalue weighted by atomic mass is 9.93. The Balaban J connectivity index is 2.05. The topological polar surface area (TPSA) is 58.6 Å². The number of hydrogen-bond acceptors (Lipinski definition) is 3. The van der Waals surface area contributed by atoms with Gasteiger partial charge in [-0.3, -0.25) is 4.79 Å². The predicted octanol–water partition coefficient (Wildman–Crippen LogP) is 3.12. The molecular weight excluding hydrogens is 309 g/mol. The van der Waals surface area contributed by atoms with E-state index in [9.17, 15) is 14.3 Å². The molecule has 2 N–H and O–H groups in total. The summed E-state index contributed by atoms with van der Waals surface area (Å²) < 4.78 is 18.6. The molecular formula is C19H22FNO3. The molecule has 0 bridgehead atoms. The highest BCUT2D eigenvalue weighted by molar-refractivity contribution is 5.94. The molecule has 0 spiro atoms. The fraction of sp³-hybridized carbons (Fsp3) is 0.316. The number of aliphatic hydroxyl groups excluding tert-OH is 1. The molecule has 4 nitrogen and oxygen atoms in total. The van der Waals surface area contributed by atoms with E-state index < -0.39 is 11.9 Å². The van der Waals surface area contributed by atoms with Crippen LogP contribution in [-0.4, -0.2) is 30.8 Å². The third kappa shape index (κ3) is 4.80.